The molecular weight excluding hydrogens is 416 g/mol. The van der Waals surface area contributed by atoms with Crippen LogP contribution in [-0.4, -0.2) is 28.4 Å². The number of aromatic nitrogens is 1. The quantitative estimate of drug-likeness (QED) is 0.410. The molecule has 0 radical (unpaired) electrons. The molecular formula is C28H29ClN2O. The molecule has 32 heavy (non-hydrogen) atoms. The van der Waals surface area contributed by atoms with Crippen LogP contribution in [0.2, 0.25) is 5.02 Å². The van der Waals surface area contributed by atoms with Crippen LogP contribution in [0.5, 0.6) is 0 Å². The molecule has 0 spiro atoms. The van der Waals surface area contributed by atoms with Crippen molar-refractivity contribution in [1.82, 2.24) is 9.88 Å². The number of hydrogen-bond acceptors (Lipinski definition) is 2. The Labute approximate surface area is 195 Å². The summed E-state index contributed by atoms with van der Waals surface area (Å²) in [6.07, 6.45) is 10.3. The first-order valence-corrected chi connectivity index (χ1v) is 12.1. The van der Waals surface area contributed by atoms with Gasteiger partial charge in [0.1, 0.15) is 0 Å². The molecule has 164 valence electrons. The monoisotopic (exact) mass is 444 g/mol. The first-order chi connectivity index (χ1) is 15.7. The molecule has 2 fully saturated rings. The largest absolute Gasteiger partial charge is 0.335 e. The van der Waals surface area contributed by atoms with Crippen molar-refractivity contribution in [2.75, 3.05) is 6.54 Å². The summed E-state index contributed by atoms with van der Waals surface area (Å²) in [6, 6.07) is 20.7. The Hall–Kier alpha value is -2.65. The molecule has 4 heteroatoms. The highest BCUT2D eigenvalue weighted by Crippen LogP contribution is 2.38. The molecule has 0 aliphatic heterocycles. The number of carbonyl (C=O) groups is 1. The molecule has 0 atom stereocenters. The molecule has 2 aliphatic rings. The van der Waals surface area contributed by atoms with Gasteiger partial charge in [-0.2, -0.15) is 0 Å². The van der Waals surface area contributed by atoms with Crippen molar-refractivity contribution in [2.24, 2.45) is 5.92 Å². The highest BCUT2D eigenvalue weighted by atomic mass is 35.5. The number of halogens is 1. The summed E-state index contributed by atoms with van der Waals surface area (Å²) in [7, 11) is 0. The molecule has 2 aromatic carbocycles. The minimum Gasteiger partial charge on any atom is -0.335 e. The standard InChI is InChI=1S/C28H29ClN2O/c29-26-8-4-7-23(16-26)22-11-13-27(14-12-22)31(19-20-9-10-20)28(32)25-15-24(17-30-18-25)21-5-2-1-3-6-21/h1-8,15-18,20,22,27H,9-14,19H2. The zero-order chi connectivity index (χ0) is 21.9. The van der Waals surface area contributed by atoms with Crippen LogP contribution in [0.3, 0.4) is 0 Å². The fourth-order valence-electron chi connectivity index (χ4n) is 4.97. The van der Waals surface area contributed by atoms with Gasteiger partial charge in [0.05, 0.1) is 5.56 Å². The SMILES string of the molecule is O=C(c1cncc(-c2ccccc2)c1)N(CC1CC1)C1CCC(c2cccc(Cl)c2)CC1. The summed E-state index contributed by atoms with van der Waals surface area (Å²) >= 11 is 6.22. The van der Waals surface area contributed by atoms with Gasteiger partial charge in [0, 0.05) is 35.6 Å². The van der Waals surface area contributed by atoms with Crippen molar-refractivity contribution in [1.29, 1.82) is 0 Å². The van der Waals surface area contributed by atoms with Gasteiger partial charge in [0.25, 0.3) is 5.91 Å². The number of hydrogen-bond donors (Lipinski definition) is 0. The molecule has 0 bridgehead atoms. The minimum absolute atomic E-state index is 0.133. The third-order valence-corrected chi connectivity index (χ3v) is 7.20. The molecule has 0 N–H and O–H groups in total. The summed E-state index contributed by atoms with van der Waals surface area (Å²) in [5, 5.41) is 0.806. The Morgan fingerprint density at radius 1 is 0.875 bits per heavy atom. The zero-order valence-corrected chi connectivity index (χ0v) is 19.0. The van der Waals surface area contributed by atoms with Gasteiger partial charge in [-0.05, 0) is 79.7 Å². The van der Waals surface area contributed by atoms with E-state index in [9.17, 15) is 4.79 Å². The van der Waals surface area contributed by atoms with Crippen molar-refractivity contribution in [2.45, 2.75) is 50.5 Å². The average Bonchev–Trinajstić information content (AvgIpc) is 3.67. The fourth-order valence-corrected chi connectivity index (χ4v) is 5.17. The van der Waals surface area contributed by atoms with Crippen LogP contribution >= 0.6 is 11.6 Å². The lowest BCUT2D eigenvalue weighted by atomic mass is 9.81. The minimum atomic E-state index is 0.133. The van der Waals surface area contributed by atoms with Crippen molar-refractivity contribution >= 4 is 17.5 Å². The van der Waals surface area contributed by atoms with E-state index in [-0.39, 0.29) is 5.91 Å². The number of rotatable bonds is 6. The lowest BCUT2D eigenvalue weighted by Gasteiger charge is -2.37. The van der Waals surface area contributed by atoms with Gasteiger partial charge in [-0.15, -0.1) is 0 Å². The highest BCUT2D eigenvalue weighted by molar-refractivity contribution is 6.30. The molecule has 0 saturated heterocycles. The Bertz CT molecular complexity index is 1070. The normalized spacial score (nSPS) is 20.7. The molecule has 2 saturated carbocycles. The van der Waals surface area contributed by atoms with Crippen molar-refractivity contribution in [3.8, 4) is 11.1 Å². The van der Waals surface area contributed by atoms with Crippen molar-refractivity contribution in [3.05, 3.63) is 89.2 Å². The first kappa shape index (κ1) is 21.2. The second kappa shape index (κ2) is 9.46. The molecule has 5 rings (SSSR count). The van der Waals surface area contributed by atoms with Crippen molar-refractivity contribution in [3.63, 3.8) is 0 Å². The fraction of sp³-hybridized carbons (Fsp3) is 0.357. The van der Waals surface area contributed by atoms with Crippen LogP contribution in [0.1, 0.15) is 60.4 Å². The number of carbonyl (C=O) groups excluding carboxylic acids is 1. The van der Waals surface area contributed by atoms with Gasteiger partial charge in [-0.3, -0.25) is 9.78 Å². The topological polar surface area (TPSA) is 33.2 Å². The maximum absolute atomic E-state index is 13.7. The van der Waals surface area contributed by atoms with Gasteiger partial charge < -0.3 is 4.90 Å². The van der Waals surface area contributed by atoms with E-state index >= 15 is 0 Å². The predicted molar refractivity (Wildman–Crippen MR) is 130 cm³/mol. The second-order valence-electron chi connectivity index (χ2n) is 9.29. The Morgan fingerprint density at radius 3 is 2.38 bits per heavy atom. The van der Waals surface area contributed by atoms with E-state index in [1.165, 1.54) is 18.4 Å². The summed E-state index contributed by atoms with van der Waals surface area (Å²) < 4.78 is 0. The average molecular weight is 445 g/mol. The van der Waals surface area contributed by atoms with E-state index < -0.39 is 0 Å². The first-order valence-electron chi connectivity index (χ1n) is 11.7. The summed E-state index contributed by atoms with van der Waals surface area (Å²) in [5.41, 5.74) is 4.11. The van der Waals surface area contributed by atoms with E-state index in [2.05, 4.69) is 34.1 Å². The maximum Gasteiger partial charge on any atom is 0.255 e. The molecule has 1 aromatic heterocycles. The summed E-state index contributed by atoms with van der Waals surface area (Å²) in [5.74, 6) is 1.33. The van der Waals surface area contributed by atoms with E-state index in [0.717, 1.165) is 48.4 Å². The second-order valence-corrected chi connectivity index (χ2v) is 9.73. The number of benzene rings is 2. The van der Waals surface area contributed by atoms with Crippen molar-refractivity contribution < 1.29 is 4.79 Å². The molecule has 2 aliphatic carbocycles. The van der Waals surface area contributed by atoms with Crippen LogP contribution in [0.25, 0.3) is 11.1 Å². The molecule has 3 aromatic rings. The van der Waals surface area contributed by atoms with Gasteiger partial charge in [-0.1, -0.05) is 54.1 Å². The molecule has 3 nitrogen and oxygen atoms in total. The van der Waals surface area contributed by atoms with E-state index in [4.69, 9.17) is 11.6 Å². The van der Waals surface area contributed by atoms with E-state index in [1.807, 2.05) is 42.6 Å². The number of nitrogens with zero attached hydrogens (tertiary/aromatic N) is 2. The van der Waals surface area contributed by atoms with Crippen LogP contribution in [0.15, 0.2) is 73.1 Å². The lowest BCUT2D eigenvalue weighted by molar-refractivity contribution is 0.0613. The predicted octanol–water partition coefficient (Wildman–Crippen LogP) is 6.98. The number of pyridine rings is 1. The number of amides is 1. The van der Waals surface area contributed by atoms with Crippen LogP contribution < -0.4 is 0 Å². The third kappa shape index (κ3) is 4.88. The third-order valence-electron chi connectivity index (χ3n) is 6.96. The van der Waals surface area contributed by atoms with Gasteiger partial charge >= 0.3 is 0 Å². The van der Waals surface area contributed by atoms with Crippen LogP contribution in [0.4, 0.5) is 0 Å². The zero-order valence-electron chi connectivity index (χ0n) is 18.3. The highest BCUT2D eigenvalue weighted by Gasteiger charge is 2.34. The lowest BCUT2D eigenvalue weighted by Crippen LogP contribution is -2.43. The smallest absolute Gasteiger partial charge is 0.255 e. The van der Waals surface area contributed by atoms with Crippen LogP contribution in [-0.2, 0) is 0 Å². The van der Waals surface area contributed by atoms with Gasteiger partial charge in [0.2, 0.25) is 0 Å². The maximum atomic E-state index is 13.7. The Kier molecular flexibility index (Phi) is 6.27. The Balaban J connectivity index is 1.32. The Morgan fingerprint density at radius 2 is 1.66 bits per heavy atom. The van der Waals surface area contributed by atoms with Gasteiger partial charge in [-0.25, -0.2) is 0 Å². The van der Waals surface area contributed by atoms with E-state index in [1.54, 1.807) is 6.20 Å². The molecule has 1 amide bonds. The summed E-state index contributed by atoms with van der Waals surface area (Å²) in [4.78, 5) is 20.2. The summed E-state index contributed by atoms with van der Waals surface area (Å²) in [6.45, 7) is 0.876. The van der Waals surface area contributed by atoms with Crippen LogP contribution in [0, 0.1) is 5.92 Å². The molecule has 0 unspecified atom stereocenters. The van der Waals surface area contributed by atoms with Gasteiger partial charge in [0.15, 0.2) is 0 Å². The van der Waals surface area contributed by atoms with E-state index in [0.29, 0.717) is 23.4 Å². The molecule has 1 heterocycles.